The van der Waals surface area contributed by atoms with Crippen LogP contribution in [-0.4, -0.2) is 19.2 Å². The largest absolute Gasteiger partial charge is 0.369 e. The van der Waals surface area contributed by atoms with E-state index in [1.54, 1.807) is 12.1 Å². The summed E-state index contributed by atoms with van der Waals surface area (Å²) in [5.74, 6) is -3.22. The van der Waals surface area contributed by atoms with E-state index < -0.39 is 41.3 Å². The van der Waals surface area contributed by atoms with Crippen molar-refractivity contribution >= 4 is 11.6 Å². The maximum Gasteiger partial charge on any atom is 0.167 e. The Hall–Kier alpha value is -2.38. The molecule has 0 saturated carbocycles. The molecule has 0 bridgehead atoms. The molecule has 3 aromatic rings. The lowest BCUT2D eigenvalue weighted by molar-refractivity contribution is -0.177. The third kappa shape index (κ3) is 4.84. The van der Waals surface area contributed by atoms with Gasteiger partial charge in [0.05, 0.1) is 18.8 Å². The van der Waals surface area contributed by atoms with Crippen molar-refractivity contribution < 1.29 is 22.6 Å². The van der Waals surface area contributed by atoms with Gasteiger partial charge in [-0.3, -0.25) is 0 Å². The highest BCUT2D eigenvalue weighted by atomic mass is 35.5. The Morgan fingerprint density at radius 3 is 2.38 bits per heavy atom. The first-order valence-electron chi connectivity index (χ1n) is 10.4. The SMILES string of the molecule is Fc1ccc(F)c(CO[C@]2(c3ccc(Cl)cc3)CCNC[C@@H]2OCc2ccccc2)c1F. The van der Waals surface area contributed by atoms with Gasteiger partial charge >= 0.3 is 0 Å². The number of rotatable bonds is 7. The lowest BCUT2D eigenvalue weighted by atomic mass is 9.82. The van der Waals surface area contributed by atoms with E-state index in [1.807, 2.05) is 42.5 Å². The molecule has 1 saturated heterocycles. The molecule has 1 N–H and O–H groups in total. The van der Waals surface area contributed by atoms with Crippen molar-refractivity contribution in [3.63, 3.8) is 0 Å². The van der Waals surface area contributed by atoms with Gasteiger partial charge in [-0.05, 0) is 48.4 Å². The van der Waals surface area contributed by atoms with Crippen LogP contribution in [0, 0.1) is 17.5 Å². The molecule has 1 fully saturated rings. The molecular formula is C25H23ClF3NO2. The summed E-state index contributed by atoms with van der Waals surface area (Å²) in [5, 5.41) is 3.86. The van der Waals surface area contributed by atoms with Gasteiger partial charge in [0.1, 0.15) is 17.5 Å². The van der Waals surface area contributed by atoms with Gasteiger partial charge in [0.2, 0.25) is 0 Å². The Morgan fingerprint density at radius 1 is 0.906 bits per heavy atom. The normalized spacial score (nSPS) is 20.9. The molecule has 0 unspecified atom stereocenters. The van der Waals surface area contributed by atoms with Crippen LogP contribution in [0.4, 0.5) is 13.2 Å². The molecule has 168 valence electrons. The Morgan fingerprint density at radius 2 is 1.62 bits per heavy atom. The Labute approximate surface area is 190 Å². The first kappa shape index (κ1) is 22.8. The van der Waals surface area contributed by atoms with Crippen LogP contribution in [0.1, 0.15) is 23.1 Å². The van der Waals surface area contributed by atoms with Gasteiger partial charge in [0.15, 0.2) is 11.6 Å². The molecule has 7 heteroatoms. The quantitative estimate of drug-likeness (QED) is 0.454. The molecule has 3 nitrogen and oxygen atoms in total. The van der Waals surface area contributed by atoms with Crippen LogP contribution in [0.25, 0.3) is 0 Å². The fraction of sp³-hybridized carbons (Fsp3) is 0.280. The van der Waals surface area contributed by atoms with Crippen LogP contribution in [0.3, 0.4) is 0 Å². The van der Waals surface area contributed by atoms with E-state index in [0.717, 1.165) is 23.3 Å². The highest BCUT2D eigenvalue weighted by molar-refractivity contribution is 6.30. The van der Waals surface area contributed by atoms with Gasteiger partial charge in [-0.15, -0.1) is 0 Å². The molecule has 1 heterocycles. The highest BCUT2D eigenvalue weighted by Crippen LogP contribution is 2.39. The van der Waals surface area contributed by atoms with Crippen LogP contribution in [0.5, 0.6) is 0 Å². The lowest BCUT2D eigenvalue weighted by Crippen LogP contribution is -2.54. The summed E-state index contributed by atoms with van der Waals surface area (Å²) in [4.78, 5) is 0. The van der Waals surface area contributed by atoms with Crippen LogP contribution in [-0.2, 0) is 28.3 Å². The zero-order valence-corrected chi connectivity index (χ0v) is 18.0. The summed E-state index contributed by atoms with van der Waals surface area (Å²) in [7, 11) is 0. The zero-order chi connectivity index (χ0) is 22.6. The van der Waals surface area contributed by atoms with E-state index in [4.69, 9.17) is 21.1 Å². The summed E-state index contributed by atoms with van der Waals surface area (Å²) in [5.41, 5.74) is 0.318. The number of piperidine rings is 1. The number of hydrogen-bond donors (Lipinski definition) is 1. The van der Waals surface area contributed by atoms with Crippen molar-refractivity contribution in [2.75, 3.05) is 13.1 Å². The lowest BCUT2D eigenvalue weighted by Gasteiger charge is -2.44. The van der Waals surface area contributed by atoms with Crippen molar-refractivity contribution in [2.45, 2.75) is 31.3 Å². The van der Waals surface area contributed by atoms with Gasteiger partial charge in [-0.2, -0.15) is 0 Å². The second kappa shape index (κ2) is 10.0. The fourth-order valence-electron chi connectivity index (χ4n) is 4.01. The molecule has 2 atom stereocenters. The third-order valence-electron chi connectivity index (χ3n) is 5.76. The zero-order valence-electron chi connectivity index (χ0n) is 17.3. The summed E-state index contributed by atoms with van der Waals surface area (Å²) in [6.45, 7) is 0.989. The predicted molar refractivity (Wildman–Crippen MR) is 117 cm³/mol. The first-order valence-corrected chi connectivity index (χ1v) is 10.8. The van der Waals surface area contributed by atoms with E-state index in [-0.39, 0.29) is 0 Å². The first-order chi connectivity index (χ1) is 15.5. The fourth-order valence-corrected chi connectivity index (χ4v) is 4.14. The van der Waals surface area contributed by atoms with Crippen LogP contribution >= 0.6 is 11.6 Å². The highest BCUT2D eigenvalue weighted by Gasteiger charge is 2.45. The molecule has 0 radical (unpaired) electrons. The molecule has 0 spiro atoms. The molecule has 4 rings (SSSR count). The monoisotopic (exact) mass is 461 g/mol. The molecule has 3 aromatic carbocycles. The standard InChI is InChI=1S/C25H23ClF3NO2/c26-19-8-6-18(7-9-19)25(32-16-20-21(27)10-11-22(28)24(20)29)12-13-30-14-23(25)31-15-17-4-2-1-3-5-17/h1-11,23,30H,12-16H2/t23-,25-/m0/s1. The average Bonchev–Trinajstić information content (AvgIpc) is 2.82. The molecule has 0 amide bonds. The maximum atomic E-state index is 14.3. The summed E-state index contributed by atoms with van der Waals surface area (Å²) in [6.07, 6.45) is 0.0319. The van der Waals surface area contributed by atoms with E-state index in [0.29, 0.717) is 31.1 Å². The van der Waals surface area contributed by atoms with Crippen molar-refractivity contribution in [1.82, 2.24) is 5.32 Å². The molecule has 1 aliphatic heterocycles. The number of halogens is 4. The van der Waals surface area contributed by atoms with Crippen molar-refractivity contribution in [3.05, 3.63) is 106 Å². The molecule has 32 heavy (non-hydrogen) atoms. The van der Waals surface area contributed by atoms with Gasteiger partial charge in [-0.25, -0.2) is 13.2 Å². The minimum atomic E-state index is -1.24. The molecular weight excluding hydrogens is 439 g/mol. The Bertz CT molecular complexity index is 1050. The van der Waals surface area contributed by atoms with Gasteiger partial charge in [0, 0.05) is 11.6 Å². The van der Waals surface area contributed by atoms with Gasteiger partial charge in [0.25, 0.3) is 0 Å². The summed E-state index contributed by atoms with van der Waals surface area (Å²) >= 11 is 6.08. The van der Waals surface area contributed by atoms with E-state index in [9.17, 15) is 13.2 Å². The van der Waals surface area contributed by atoms with Crippen molar-refractivity contribution in [1.29, 1.82) is 0 Å². The average molecular weight is 462 g/mol. The van der Waals surface area contributed by atoms with Gasteiger partial charge < -0.3 is 14.8 Å². The van der Waals surface area contributed by atoms with Crippen LogP contribution < -0.4 is 5.32 Å². The Kier molecular flexibility index (Phi) is 7.16. The second-order valence-corrected chi connectivity index (χ2v) is 8.18. The molecule has 0 aliphatic carbocycles. The topological polar surface area (TPSA) is 30.5 Å². The predicted octanol–water partition coefficient (Wildman–Crippen LogP) is 5.75. The van der Waals surface area contributed by atoms with E-state index >= 15 is 0 Å². The number of hydrogen-bond acceptors (Lipinski definition) is 3. The van der Waals surface area contributed by atoms with Crippen LogP contribution in [0.15, 0.2) is 66.7 Å². The molecule has 1 aliphatic rings. The Balaban J connectivity index is 1.66. The number of nitrogens with one attached hydrogen (secondary N) is 1. The van der Waals surface area contributed by atoms with Gasteiger partial charge in [-0.1, -0.05) is 54.1 Å². The van der Waals surface area contributed by atoms with Crippen molar-refractivity contribution in [3.8, 4) is 0 Å². The minimum Gasteiger partial charge on any atom is -0.369 e. The summed E-state index contributed by atoms with van der Waals surface area (Å²) in [6, 6.07) is 18.5. The third-order valence-corrected chi connectivity index (χ3v) is 6.01. The minimum absolute atomic E-state index is 0.342. The number of ether oxygens (including phenoxy) is 2. The number of benzene rings is 3. The second-order valence-electron chi connectivity index (χ2n) is 7.75. The maximum absolute atomic E-state index is 14.3. The molecule has 0 aromatic heterocycles. The van der Waals surface area contributed by atoms with Crippen LogP contribution in [0.2, 0.25) is 5.02 Å². The summed E-state index contributed by atoms with van der Waals surface area (Å²) < 4.78 is 54.8. The van der Waals surface area contributed by atoms with Crippen molar-refractivity contribution in [2.24, 2.45) is 0 Å². The van der Waals surface area contributed by atoms with E-state index in [1.165, 1.54) is 0 Å². The smallest absolute Gasteiger partial charge is 0.167 e. The van der Waals surface area contributed by atoms with E-state index in [2.05, 4.69) is 5.32 Å².